The van der Waals surface area contributed by atoms with Crippen LogP contribution in [-0.4, -0.2) is 43.0 Å². The molecule has 2 aliphatic rings. The second-order valence-electron chi connectivity index (χ2n) is 3.78. The average molecular weight is 445 g/mol. The van der Waals surface area contributed by atoms with Crippen LogP contribution in [0.15, 0.2) is 23.7 Å². The SMILES string of the molecule is CC1=CC(C)=[O+][B-]2(O1)OC(C)=CC(C)=[O+]2.[F-].[F-].[F-].[F-].[F-].[F-].[Sb+5]. The molecule has 128 valence electrons. The number of halogens is 6. The van der Waals surface area contributed by atoms with Gasteiger partial charge in [0.25, 0.3) is 11.6 Å². The molecule has 0 radical (unpaired) electrons. The van der Waals surface area contributed by atoms with Crippen LogP contribution in [0.2, 0.25) is 0 Å². The summed E-state index contributed by atoms with van der Waals surface area (Å²) in [7, 11) is 0. The predicted molar refractivity (Wildman–Crippen MR) is 62.6 cm³/mol. The molecule has 0 unspecified atom stereocenters. The minimum Gasteiger partial charge on any atom is -1.00 e. The Kier molecular flexibility index (Phi) is 22.9. The molecule has 12 heteroatoms. The smallest absolute Gasteiger partial charge is 1.00 e. The van der Waals surface area contributed by atoms with E-state index in [9.17, 15) is 0 Å². The maximum atomic E-state index is 5.50. The summed E-state index contributed by atoms with van der Waals surface area (Å²) in [4.78, 5) is 0. The van der Waals surface area contributed by atoms with Crippen LogP contribution in [0.3, 0.4) is 0 Å². The summed E-state index contributed by atoms with van der Waals surface area (Å²) in [6.07, 6.45) is 3.59. The summed E-state index contributed by atoms with van der Waals surface area (Å²) in [5.41, 5.74) is 0. The molecule has 0 aliphatic carbocycles. The molecule has 2 heterocycles. The molecule has 0 bridgehead atoms. The number of rotatable bonds is 0. The van der Waals surface area contributed by atoms with Gasteiger partial charge in [0.1, 0.15) is 0 Å². The van der Waals surface area contributed by atoms with Gasteiger partial charge < -0.3 is 46.2 Å². The summed E-state index contributed by atoms with van der Waals surface area (Å²) < 4.78 is 22.0. The molecule has 0 amide bonds. The first-order valence-corrected chi connectivity index (χ1v) is 4.91. The van der Waals surface area contributed by atoms with Crippen LogP contribution in [0.25, 0.3) is 0 Å². The first kappa shape index (κ1) is 37.3. The van der Waals surface area contributed by atoms with Crippen molar-refractivity contribution in [2.75, 3.05) is 0 Å². The van der Waals surface area contributed by atoms with Crippen LogP contribution in [0.5, 0.6) is 0 Å². The third-order valence-electron chi connectivity index (χ3n) is 2.13. The molecule has 2 aliphatic heterocycles. The van der Waals surface area contributed by atoms with Crippen LogP contribution in [-0.2, 0) is 18.0 Å². The van der Waals surface area contributed by atoms with Crippen molar-refractivity contribution in [3.63, 3.8) is 0 Å². The standard InChI is InChI=1S/C10H14BO4.6FH.Sb/c1-7-5-8(2)13-11(12-7)14-9(3)6-10(4)15-11;;;;;;;/h5-6H,1-4H3;6*1H;/q+1;;;;;;;+5/p-6. The number of hydrogen-bond acceptors (Lipinski definition) is 2. The summed E-state index contributed by atoms with van der Waals surface area (Å²) in [5, 5.41) is 0. The van der Waals surface area contributed by atoms with E-state index < -0.39 is 6.96 Å². The van der Waals surface area contributed by atoms with Crippen LogP contribution in [0.1, 0.15) is 27.7 Å². The Morgan fingerprint density at radius 2 is 0.955 bits per heavy atom. The van der Waals surface area contributed by atoms with Crippen LogP contribution < -0.4 is 28.2 Å². The molecule has 0 fully saturated rings. The van der Waals surface area contributed by atoms with Crippen molar-refractivity contribution in [3.8, 4) is 0 Å². The Labute approximate surface area is 141 Å². The van der Waals surface area contributed by atoms with Crippen molar-refractivity contribution in [2.24, 2.45) is 0 Å². The fourth-order valence-electron chi connectivity index (χ4n) is 1.76. The second kappa shape index (κ2) is 13.5. The first-order valence-electron chi connectivity index (χ1n) is 4.91. The van der Waals surface area contributed by atoms with E-state index >= 15 is 0 Å². The van der Waals surface area contributed by atoms with Gasteiger partial charge in [0.2, 0.25) is 0 Å². The second-order valence-corrected chi connectivity index (χ2v) is 3.78. The number of carbonyl (C=O) groups excluding carboxylic acids is 2. The third kappa shape index (κ3) is 8.36. The van der Waals surface area contributed by atoms with Crippen molar-refractivity contribution in [3.05, 3.63) is 23.7 Å². The van der Waals surface area contributed by atoms with Crippen molar-refractivity contribution in [1.82, 2.24) is 0 Å². The van der Waals surface area contributed by atoms with E-state index in [0.717, 1.165) is 23.1 Å². The van der Waals surface area contributed by atoms with Gasteiger partial charge in [-0.05, 0) is 13.8 Å². The van der Waals surface area contributed by atoms with Crippen molar-refractivity contribution in [2.45, 2.75) is 27.7 Å². The third-order valence-corrected chi connectivity index (χ3v) is 2.13. The Hall–Kier alpha value is -1.12. The largest absolute Gasteiger partial charge is 5.00 e. The van der Waals surface area contributed by atoms with E-state index in [1.165, 1.54) is 0 Å². The molecule has 0 N–H and O–H groups in total. The van der Waals surface area contributed by atoms with Gasteiger partial charge in [-0.2, -0.15) is 0 Å². The predicted octanol–water partition coefficient (Wildman–Crippen LogP) is -16.8. The zero-order chi connectivity index (χ0) is 11.1. The average Bonchev–Trinajstić information content (AvgIpc) is 1.96. The summed E-state index contributed by atoms with van der Waals surface area (Å²) in [5.74, 6) is 2.89. The van der Waals surface area contributed by atoms with Gasteiger partial charge in [-0.15, -0.1) is 0 Å². The zero-order valence-electron chi connectivity index (χ0n) is 12.1. The van der Waals surface area contributed by atoms with Crippen LogP contribution in [0, 0.1) is 0 Å². The molecule has 4 nitrogen and oxygen atoms in total. The summed E-state index contributed by atoms with van der Waals surface area (Å²) >= 11 is 0. The molecule has 2 rings (SSSR count). The quantitative estimate of drug-likeness (QED) is 0.212. The molecule has 0 aromatic carbocycles. The molecule has 0 saturated carbocycles. The van der Waals surface area contributed by atoms with E-state index in [1.807, 2.05) is 27.7 Å². The van der Waals surface area contributed by atoms with Gasteiger partial charge in [-0.1, -0.05) is 0 Å². The maximum absolute atomic E-state index is 5.50. The minimum atomic E-state index is -2.17. The molecular formula is C10H14BF6O4Sb. The van der Waals surface area contributed by atoms with Crippen LogP contribution in [0.4, 0.5) is 0 Å². The maximum Gasteiger partial charge on any atom is 5.00 e. The fourth-order valence-corrected chi connectivity index (χ4v) is 1.76. The Bertz CT molecular complexity index is 401. The number of ketones is 2. The Morgan fingerprint density at radius 1 is 0.682 bits per heavy atom. The van der Waals surface area contributed by atoms with Crippen molar-refractivity contribution in [1.29, 1.82) is 0 Å². The zero-order valence-corrected chi connectivity index (χ0v) is 14.6. The van der Waals surface area contributed by atoms with E-state index in [1.54, 1.807) is 12.2 Å². The van der Waals surface area contributed by atoms with Gasteiger partial charge in [0.15, 0.2) is 0 Å². The summed E-state index contributed by atoms with van der Waals surface area (Å²) in [6, 6.07) is 0. The number of allylic oxidation sites excluding steroid dienone is 4. The first-order chi connectivity index (χ1) is 6.99. The Balaban J connectivity index is -0.0000000914. The number of hydrogen-bond donors (Lipinski definition) is 0. The van der Waals surface area contributed by atoms with Crippen molar-refractivity contribution >= 4 is 43.0 Å². The van der Waals surface area contributed by atoms with E-state index in [2.05, 4.69) is 0 Å². The molecule has 0 aromatic heterocycles. The van der Waals surface area contributed by atoms with Crippen LogP contribution >= 0.6 is 0 Å². The fraction of sp³-hybridized carbons (Fsp3) is 0.400. The van der Waals surface area contributed by atoms with Gasteiger partial charge >= 0.3 is 31.4 Å². The summed E-state index contributed by atoms with van der Waals surface area (Å²) in [6.45, 7) is 5.18. The molecule has 0 atom stereocenters. The van der Waals surface area contributed by atoms with E-state index in [4.69, 9.17) is 18.0 Å². The molecule has 0 saturated heterocycles. The van der Waals surface area contributed by atoms with E-state index in [0.29, 0.717) is 0 Å². The molecular weight excluding hydrogens is 431 g/mol. The topological polar surface area (TPSA) is 41.1 Å². The van der Waals surface area contributed by atoms with Crippen molar-refractivity contribution < 1.29 is 46.2 Å². The minimum absolute atomic E-state index is 0. The van der Waals surface area contributed by atoms with Gasteiger partial charge in [0.05, 0.1) is 23.7 Å². The Morgan fingerprint density at radius 3 is 1.18 bits per heavy atom. The monoisotopic (exact) mass is 444 g/mol. The normalized spacial score (nSPS) is 15.8. The van der Waals surface area contributed by atoms with E-state index in [-0.39, 0.29) is 52.7 Å². The molecule has 1 spiro atoms. The van der Waals surface area contributed by atoms with Gasteiger partial charge in [-0.25, -0.2) is 0 Å². The molecule has 0 aromatic rings. The molecule has 22 heavy (non-hydrogen) atoms. The van der Waals surface area contributed by atoms with Gasteiger partial charge in [-0.3, -0.25) is 0 Å². The van der Waals surface area contributed by atoms with Gasteiger partial charge in [0, 0.05) is 13.8 Å².